The highest BCUT2D eigenvalue weighted by molar-refractivity contribution is 6.06. The van der Waals surface area contributed by atoms with Gasteiger partial charge in [0.1, 0.15) is 11.6 Å². The monoisotopic (exact) mass is 543 g/mol. The van der Waals surface area contributed by atoms with Crippen molar-refractivity contribution in [2.24, 2.45) is 0 Å². The average Bonchev–Trinajstić information content (AvgIpc) is 2.97. The molecule has 2 aromatic carbocycles. The number of fused-ring (bicyclic) bond motifs is 1. The first-order valence-corrected chi connectivity index (χ1v) is 12.7. The van der Waals surface area contributed by atoms with Crippen LogP contribution >= 0.6 is 0 Å². The molecule has 3 aromatic heterocycles. The molecule has 10 heteroatoms. The molecule has 0 aliphatic carbocycles. The van der Waals surface area contributed by atoms with E-state index in [-0.39, 0.29) is 5.75 Å². The summed E-state index contributed by atoms with van der Waals surface area (Å²) in [5.41, 5.74) is 12.1. The standard InChI is InChI=1S/C30H24F3N5O2/c31-30(32,33)40-20-10-8-19(9-11-20)23-18-36-26(38-13-15-39-16-14-38)17-22(23)27-28(34)21-5-1-2-6-24(21)37-29(27)25-7-3-4-12-35-25/h1-12,17-18H,13-16H2,(H2,34,37). The molecule has 1 aliphatic rings. The molecule has 0 amide bonds. The van der Waals surface area contributed by atoms with Crippen LogP contribution in [0.15, 0.2) is 85.2 Å². The number of rotatable bonds is 5. The van der Waals surface area contributed by atoms with Crippen LogP contribution in [0.4, 0.5) is 24.7 Å². The highest BCUT2D eigenvalue weighted by atomic mass is 19.4. The Bertz CT molecular complexity index is 1660. The number of anilines is 2. The molecule has 1 fully saturated rings. The lowest BCUT2D eigenvalue weighted by Gasteiger charge is -2.29. The molecule has 0 spiro atoms. The minimum Gasteiger partial charge on any atom is -0.406 e. The predicted molar refractivity (Wildman–Crippen MR) is 148 cm³/mol. The Hall–Kier alpha value is -4.70. The largest absolute Gasteiger partial charge is 0.573 e. The van der Waals surface area contributed by atoms with E-state index in [0.717, 1.165) is 22.3 Å². The predicted octanol–water partition coefficient (Wildman–Crippen LogP) is 6.34. The second-order valence-electron chi connectivity index (χ2n) is 9.24. The van der Waals surface area contributed by atoms with Crippen molar-refractivity contribution >= 4 is 22.4 Å². The Labute approximate surface area is 228 Å². The third-order valence-corrected chi connectivity index (χ3v) is 6.73. The van der Waals surface area contributed by atoms with E-state index in [0.29, 0.717) is 60.1 Å². The highest BCUT2D eigenvalue weighted by Gasteiger charge is 2.31. The third-order valence-electron chi connectivity index (χ3n) is 6.73. The smallest absolute Gasteiger partial charge is 0.406 e. The Morgan fingerprint density at radius 1 is 0.875 bits per heavy atom. The minimum atomic E-state index is -4.78. The van der Waals surface area contributed by atoms with E-state index in [4.69, 9.17) is 20.4 Å². The van der Waals surface area contributed by atoms with Crippen LogP contribution in [-0.4, -0.2) is 47.6 Å². The summed E-state index contributed by atoms with van der Waals surface area (Å²) < 4.78 is 47.9. The van der Waals surface area contributed by atoms with Crippen LogP contribution in [0.3, 0.4) is 0 Å². The average molecular weight is 544 g/mol. The van der Waals surface area contributed by atoms with E-state index in [1.165, 1.54) is 12.1 Å². The number of nitrogen functional groups attached to an aromatic ring is 1. The molecule has 0 bridgehead atoms. The number of alkyl halides is 3. The lowest BCUT2D eigenvalue weighted by Crippen LogP contribution is -2.36. The van der Waals surface area contributed by atoms with E-state index in [1.807, 2.05) is 48.5 Å². The second kappa shape index (κ2) is 10.5. The van der Waals surface area contributed by atoms with Gasteiger partial charge in [0, 0.05) is 42.0 Å². The van der Waals surface area contributed by atoms with Gasteiger partial charge in [0.15, 0.2) is 0 Å². The van der Waals surface area contributed by atoms with Gasteiger partial charge in [-0.05, 0) is 47.5 Å². The van der Waals surface area contributed by atoms with Gasteiger partial charge in [-0.3, -0.25) is 4.98 Å². The van der Waals surface area contributed by atoms with Crippen LogP contribution < -0.4 is 15.4 Å². The topological polar surface area (TPSA) is 86.4 Å². The van der Waals surface area contributed by atoms with Crippen molar-refractivity contribution in [1.82, 2.24) is 15.0 Å². The number of pyridine rings is 3. The van der Waals surface area contributed by atoms with Crippen molar-refractivity contribution in [2.45, 2.75) is 6.36 Å². The maximum atomic E-state index is 12.8. The van der Waals surface area contributed by atoms with Gasteiger partial charge in [0.2, 0.25) is 0 Å². The summed E-state index contributed by atoms with van der Waals surface area (Å²) in [7, 11) is 0. The van der Waals surface area contributed by atoms with Crippen LogP contribution in [0.2, 0.25) is 0 Å². The first kappa shape index (κ1) is 25.6. The molecule has 6 rings (SSSR count). The van der Waals surface area contributed by atoms with Gasteiger partial charge in [0.05, 0.1) is 35.8 Å². The number of aromatic nitrogens is 3. The summed E-state index contributed by atoms with van der Waals surface area (Å²) in [4.78, 5) is 16.4. The van der Waals surface area contributed by atoms with Crippen LogP contribution in [0, 0.1) is 0 Å². The summed E-state index contributed by atoms with van der Waals surface area (Å²) in [5.74, 6) is 0.426. The lowest BCUT2D eigenvalue weighted by atomic mass is 9.91. The molecule has 0 unspecified atom stereocenters. The molecule has 0 saturated carbocycles. The number of hydrogen-bond donors (Lipinski definition) is 1. The maximum Gasteiger partial charge on any atom is 0.573 e. The number of ether oxygens (including phenoxy) is 2. The number of morpholine rings is 1. The molecule has 4 heterocycles. The zero-order chi connectivity index (χ0) is 27.7. The van der Waals surface area contributed by atoms with Crippen LogP contribution in [0.25, 0.3) is 44.5 Å². The van der Waals surface area contributed by atoms with Gasteiger partial charge in [-0.2, -0.15) is 0 Å². The summed E-state index contributed by atoms with van der Waals surface area (Å²) in [6.45, 7) is 2.51. The molecule has 1 saturated heterocycles. The molecule has 2 N–H and O–H groups in total. The highest BCUT2D eigenvalue weighted by Crippen LogP contribution is 2.44. The molecule has 1 aliphatic heterocycles. The van der Waals surface area contributed by atoms with Crippen LogP contribution in [-0.2, 0) is 4.74 Å². The Balaban J connectivity index is 1.59. The van der Waals surface area contributed by atoms with E-state index in [9.17, 15) is 13.2 Å². The van der Waals surface area contributed by atoms with E-state index < -0.39 is 6.36 Å². The van der Waals surface area contributed by atoms with Crippen molar-refractivity contribution in [3.8, 4) is 39.4 Å². The molecule has 5 aromatic rings. The zero-order valence-corrected chi connectivity index (χ0v) is 21.2. The molecule has 7 nitrogen and oxygen atoms in total. The lowest BCUT2D eigenvalue weighted by molar-refractivity contribution is -0.274. The Kier molecular flexibility index (Phi) is 6.69. The number of benzene rings is 2. The van der Waals surface area contributed by atoms with E-state index in [1.54, 1.807) is 24.5 Å². The quantitative estimate of drug-likeness (QED) is 0.277. The van der Waals surface area contributed by atoms with Crippen molar-refractivity contribution in [1.29, 1.82) is 0 Å². The molecule has 40 heavy (non-hydrogen) atoms. The van der Waals surface area contributed by atoms with Crippen molar-refractivity contribution in [3.05, 3.63) is 85.2 Å². The minimum absolute atomic E-state index is 0.309. The van der Waals surface area contributed by atoms with Gasteiger partial charge < -0.3 is 20.1 Å². The number of hydrogen-bond acceptors (Lipinski definition) is 7. The van der Waals surface area contributed by atoms with E-state index in [2.05, 4.69) is 14.6 Å². The van der Waals surface area contributed by atoms with Crippen LogP contribution in [0.5, 0.6) is 5.75 Å². The van der Waals surface area contributed by atoms with Gasteiger partial charge in [-0.25, -0.2) is 9.97 Å². The zero-order valence-electron chi connectivity index (χ0n) is 21.2. The first-order chi connectivity index (χ1) is 19.4. The fourth-order valence-electron chi connectivity index (χ4n) is 4.88. The van der Waals surface area contributed by atoms with Gasteiger partial charge >= 0.3 is 6.36 Å². The molecule has 0 radical (unpaired) electrons. The third kappa shape index (κ3) is 5.13. The molecule has 0 atom stereocenters. The number of halogens is 3. The number of nitrogens with two attached hydrogens (primary N) is 1. The number of nitrogens with zero attached hydrogens (tertiary/aromatic N) is 4. The molecule has 202 valence electrons. The summed E-state index contributed by atoms with van der Waals surface area (Å²) in [5, 5.41) is 0.779. The Morgan fingerprint density at radius 3 is 2.35 bits per heavy atom. The van der Waals surface area contributed by atoms with Gasteiger partial charge in [-0.15, -0.1) is 13.2 Å². The first-order valence-electron chi connectivity index (χ1n) is 12.7. The second-order valence-corrected chi connectivity index (χ2v) is 9.24. The molecular weight excluding hydrogens is 519 g/mol. The van der Waals surface area contributed by atoms with Gasteiger partial charge in [-0.1, -0.05) is 36.4 Å². The fraction of sp³-hybridized carbons (Fsp3) is 0.167. The summed E-state index contributed by atoms with van der Waals surface area (Å²) in [6.07, 6.45) is -1.37. The summed E-state index contributed by atoms with van der Waals surface area (Å²) in [6, 6.07) is 20.8. The fourth-order valence-corrected chi connectivity index (χ4v) is 4.88. The summed E-state index contributed by atoms with van der Waals surface area (Å²) >= 11 is 0. The van der Waals surface area contributed by atoms with Gasteiger partial charge in [0.25, 0.3) is 0 Å². The van der Waals surface area contributed by atoms with Crippen molar-refractivity contribution in [3.63, 3.8) is 0 Å². The van der Waals surface area contributed by atoms with Crippen molar-refractivity contribution in [2.75, 3.05) is 36.9 Å². The number of para-hydroxylation sites is 1. The van der Waals surface area contributed by atoms with E-state index >= 15 is 0 Å². The molecular formula is C30H24F3N5O2. The maximum absolute atomic E-state index is 12.8. The van der Waals surface area contributed by atoms with Crippen LogP contribution in [0.1, 0.15) is 0 Å². The van der Waals surface area contributed by atoms with Crippen molar-refractivity contribution < 1.29 is 22.6 Å². The normalized spacial score (nSPS) is 13.9. The Morgan fingerprint density at radius 2 is 1.62 bits per heavy atom. The SMILES string of the molecule is Nc1c(-c2cc(N3CCOCC3)ncc2-c2ccc(OC(F)(F)F)cc2)c(-c2ccccn2)nc2ccccc12.